The zero-order chi connectivity index (χ0) is 22.1. The summed E-state index contributed by atoms with van der Waals surface area (Å²) in [5.41, 5.74) is -0.507. The number of Topliss-reactive ketones (excluding diaryl/α,β-unsaturated/α-hetero) is 1. The largest absolute Gasteiger partial charge is 0.481 e. The SMILES string of the molecule is C[C@H](CCC(=O)O)[C@H]1CC[C@H]2[C@@H]3C(=O)C[C@@H]4CC(O)(O)CC[C@]4(C)[C@H]3C[C@H](O)[C@]12C. The Labute approximate surface area is 179 Å². The molecule has 0 radical (unpaired) electrons. The fraction of sp³-hybridized carbons (Fsp3) is 0.917. The van der Waals surface area contributed by atoms with Gasteiger partial charge < -0.3 is 20.4 Å². The number of aliphatic hydroxyl groups excluding tert-OH is 1. The lowest BCUT2D eigenvalue weighted by Crippen LogP contribution is -2.62. The Kier molecular flexibility index (Phi) is 5.39. The molecule has 4 aliphatic carbocycles. The molecule has 4 fully saturated rings. The van der Waals surface area contributed by atoms with E-state index in [1.165, 1.54) is 0 Å². The summed E-state index contributed by atoms with van der Waals surface area (Å²) in [6, 6.07) is 0. The first-order valence-electron chi connectivity index (χ1n) is 11.8. The van der Waals surface area contributed by atoms with Crippen LogP contribution in [-0.4, -0.2) is 44.1 Å². The quantitative estimate of drug-likeness (QED) is 0.518. The van der Waals surface area contributed by atoms with Gasteiger partial charge in [0.25, 0.3) is 0 Å². The number of aliphatic hydroxyl groups is 3. The molecule has 30 heavy (non-hydrogen) atoms. The average molecular weight is 423 g/mol. The van der Waals surface area contributed by atoms with Crippen LogP contribution < -0.4 is 0 Å². The van der Waals surface area contributed by atoms with E-state index in [9.17, 15) is 24.9 Å². The van der Waals surface area contributed by atoms with Crippen molar-refractivity contribution in [3.63, 3.8) is 0 Å². The van der Waals surface area contributed by atoms with Crippen molar-refractivity contribution < 1.29 is 30.0 Å². The van der Waals surface area contributed by atoms with Crippen LogP contribution >= 0.6 is 0 Å². The maximum Gasteiger partial charge on any atom is 0.303 e. The van der Waals surface area contributed by atoms with Gasteiger partial charge in [-0.1, -0.05) is 20.8 Å². The van der Waals surface area contributed by atoms with E-state index in [0.29, 0.717) is 32.1 Å². The van der Waals surface area contributed by atoms with Crippen molar-refractivity contribution in [3.05, 3.63) is 0 Å². The van der Waals surface area contributed by atoms with E-state index in [4.69, 9.17) is 5.11 Å². The maximum atomic E-state index is 13.4. The molecule has 0 aromatic heterocycles. The molecule has 0 unspecified atom stereocenters. The fourth-order valence-electron chi connectivity index (χ4n) is 8.39. The van der Waals surface area contributed by atoms with Crippen molar-refractivity contribution in [2.75, 3.05) is 0 Å². The number of carboxylic acid groups (broad SMARTS) is 1. The first kappa shape index (κ1) is 22.2. The van der Waals surface area contributed by atoms with Gasteiger partial charge in [-0.3, -0.25) is 9.59 Å². The number of aliphatic carboxylic acids is 1. The predicted octanol–water partition coefficient (Wildman–Crippen LogP) is 2.98. The van der Waals surface area contributed by atoms with E-state index in [1.807, 2.05) is 0 Å². The summed E-state index contributed by atoms with van der Waals surface area (Å²) in [5, 5.41) is 40.9. The van der Waals surface area contributed by atoms with Crippen LogP contribution in [0.15, 0.2) is 0 Å². The van der Waals surface area contributed by atoms with Crippen LogP contribution in [0.3, 0.4) is 0 Å². The summed E-state index contributed by atoms with van der Waals surface area (Å²) in [7, 11) is 0. The van der Waals surface area contributed by atoms with Gasteiger partial charge in [0, 0.05) is 37.0 Å². The third-order valence-electron chi connectivity index (χ3n) is 10.2. The van der Waals surface area contributed by atoms with Crippen LogP contribution in [0, 0.1) is 46.3 Å². The lowest BCUT2D eigenvalue weighted by molar-refractivity contribution is -0.236. The van der Waals surface area contributed by atoms with Crippen molar-refractivity contribution in [3.8, 4) is 0 Å². The number of hydrogen-bond donors (Lipinski definition) is 4. The molecular weight excluding hydrogens is 384 g/mol. The number of carbonyl (C=O) groups is 2. The van der Waals surface area contributed by atoms with E-state index in [2.05, 4.69) is 20.8 Å². The standard InChI is InChI=1S/C24H38O6/c1-13(4-7-20(27)28)15-5-6-16-21-17(11-19(26)23(15,16)3)22(2)8-9-24(29,30)12-14(22)10-18(21)25/h13-17,19,21,26,29-30H,4-12H2,1-3H3,(H,27,28)/t13-,14-,15-,16+,17+,19+,21+,22+,23-/m1/s1. The minimum Gasteiger partial charge on any atom is -0.481 e. The molecule has 0 aliphatic heterocycles. The van der Waals surface area contributed by atoms with E-state index in [0.717, 1.165) is 12.8 Å². The van der Waals surface area contributed by atoms with Gasteiger partial charge >= 0.3 is 5.97 Å². The monoisotopic (exact) mass is 422 g/mol. The highest BCUT2D eigenvalue weighted by Gasteiger charge is 2.66. The van der Waals surface area contributed by atoms with Gasteiger partial charge in [0.05, 0.1) is 6.10 Å². The number of fused-ring (bicyclic) bond motifs is 5. The first-order chi connectivity index (χ1) is 13.9. The second kappa shape index (κ2) is 7.28. The Bertz CT molecular complexity index is 718. The van der Waals surface area contributed by atoms with E-state index >= 15 is 0 Å². The summed E-state index contributed by atoms with van der Waals surface area (Å²) < 4.78 is 0. The summed E-state index contributed by atoms with van der Waals surface area (Å²) in [4.78, 5) is 24.5. The Morgan fingerprint density at radius 2 is 1.87 bits per heavy atom. The summed E-state index contributed by atoms with van der Waals surface area (Å²) in [6.07, 6.45) is 4.31. The molecule has 170 valence electrons. The van der Waals surface area contributed by atoms with Gasteiger partial charge in [-0.2, -0.15) is 0 Å². The molecule has 4 saturated carbocycles. The van der Waals surface area contributed by atoms with E-state index in [-0.39, 0.29) is 65.0 Å². The molecule has 0 spiro atoms. The average Bonchev–Trinajstić information content (AvgIpc) is 3.00. The summed E-state index contributed by atoms with van der Waals surface area (Å²) in [5.74, 6) is -1.70. The predicted molar refractivity (Wildman–Crippen MR) is 110 cm³/mol. The molecule has 9 atom stereocenters. The Hall–Kier alpha value is -0.980. The second-order valence-electron chi connectivity index (χ2n) is 11.5. The fourth-order valence-corrected chi connectivity index (χ4v) is 8.39. The Balaban J connectivity index is 1.62. The Morgan fingerprint density at radius 1 is 1.17 bits per heavy atom. The molecule has 0 saturated heterocycles. The second-order valence-corrected chi connectivity index (χ2v) is 11.5. The van der Waals surface area contributed by atoms with Crippen LogP contribution in [-0.2, 0) is 9.59 Å². The molecule has 6 heteroatoms. The molecule has 6 nitrogen and oxygen atoms in total. The third-order valence-corrected chi connectivity index (χ3v) is 10.2. The molecule has 4 N–H and O–H groups in total. The normalized spacial score (nSPS) is 48.4. The highest BCUT2D eigenvalue weighted by molar-refractivity contribution is 5.83. The molecule has 4 aliphatic rings. The van der Waals surface area contributed by atoms with Crippen molar-refractivity contribution in [2.45, 2.75) is 90.4 Å². The van der Waals surface area contributed by atoms with Crippen LogP contribution in [0.5, 0.6) is 0 Å². The number of carbonyl (C=O) groups excluding carboxylic acids is 1. The Morgan fingerprint density at radius 3 is 2.53 bits per heavy atom. The van der Waals surface area contributed by atoms with Crippen LogP contribution in [0.2, 0.25) is 0 Å². The number of rotatable bonds is 4. The van der Waals surface area contributed by atoms with Crippen molar-refractivity contribution >= 4 is 11.8 Å². The summed E-state index contributed by atoms with van der Waals surface area (Å²) in [6.45, 7) is 6.44. The molecule has 0 aromatic carbocycles. The number of hydrogen-bond acceptors (Lipinski definition) is 5. The molecule has 0 bridgehead atoms. The van der Waals surface area contributed by atoms with Crippen LogP contribution in [0.4, 0.5) is 0 Å². The molecule has 0 aromatic rings. The zero-order valence-electron chi connectivity index (χ0n) is 18.5. The topological polar surface area (TPSA) is 115 Å². The molecule has 4 rings (SSSR count). The minimum atomic E-state index is -1.68. The number of ketones is 1. The minimum absolute atomic E-state index is 0.0433. The van der Waals surface area contributed by atoms with Gasteiger partial charge in [0.15, 0.2) is 5.79 Å². The van der Waals surface area contributed by atoms with E-state index in [1.54, 1.807) is 0 Å². The highest BCUT2D eigenvalue weighted by atomic mass is 16.5. The van der Waals surface area contributed by atoms with Crippen LogP contribution in [0.1, 0.15) is 78.6 Å². The van der Waals surface area contributed by atoms with Gasteiger partial charge in [-0.05, 0) is 67.1 Å². The lowest BCUT2D eigenvalue weighted by atomic mass is 9.43. The van der Waals surface area contributed by atoms with Crippen LogP contribution in [0.25, 0.3) is 0 Å². The van der Waals surface area contributed by atoms with Gasteiger partial charge in [0.2, 0.25) is 0 Å². The maximum absolute atomic E-state index is 13.4. The summed E-state index contributed by atoms with van der Waals surface area (Å²) >= 11 is 0. The first-order valence-corrected chi connectivity index (χ1v) is 11.8. The van der Waals surface area contributed by atoms with E-state index < -0.39 is 17.9 Å². The smallest absolute Gasteiger partial charge is 0.303 e. The van der Waals surface area contributed by atoms with Crippen molar-refractivity contribution in [2.24, 2.45) is 46.3 Å². The van der Waals surface area contributed by atoms with Crippen molar-refractivity contribution in [1.29, 1.82) is 0 Å². The molecule has 0 heterocycles. The van der Waals surface area contributed by atoms with Gasteiger partial charge in [-0.25, -0.2) is 0 Å². The zero-order valence-corrected chi connectivity index (χ0v) is 18.5. The highest BCUT2D eigenvalue weighted by Crippen LogP contribution is 2.68. The molecular formula is C24H38O6. The molecule has 0 amide bonds. The third kappa shape index (κ3) is 3.25. The van der Waals surface area contributed by atoms with Gasteiger partial charge in [0.1, 0.15) is 5.78 Å². The number of carboxylic acids is 1. The lowest BCUT2D eigenvalue weighted by Gasteiger charge is -2.62. The van der Waals surface area contributed by atoms with Crippen molar-refractivity contribution in [1.82, 2.24) is 0 Å². The van der Waals surface area contributed by atoms with Gasteiger partial charge in [-0.15, -0.1) is 0 Å².